The standard InChI is InChI=1S/C27H30N2O11/c1-36-16-7-3-14(4-8-16)22-18(40-29-23(22)15-5-9-17(37-2)10-6-15)11-20(30)28-12-21(31)38-13-19-24(32)25(33)26(34)27(35)39-19/h3-10,19,24-27,32-35H,11-13H2,1-2H3,(H,28,30). The molecule has 3 aromatic rings. The lowest BCUT2D eigenvalue weighted by atomic mass is 9.98. The van der Waals surface area contributed by atoms with Gasteiger partial charge in [0.25, 0.3) is 0 Å². The Morgan fingerprint density at radius 2 is 1.48 bits per heavy atom. The maximum Gasteiger partial charge on any atom is 0.325 e. The molecule has 0 spiro atoms. The van der Waals surface area contributed by atoms with Crippen LogP contribution in [0, 0.1) is 0 Å². The molecule has 5 N–H and O–H groups in total. The van der Waals surface area contributed by atoms with Gasteiger partial charge in [-0.1, -0.05) is 17.3 Å². The maximum atomic E-state index is 12.7. The molecule has 13 nitrogen and oxygen atoms in total. The Morgan fingerprint density at radius 3 is 2.08 bits per heavy atom. The van der Waals surface area contributed by atoms with Crippen molar-refractivity contribution in [2.45, 2.75) is 37.1 Å². The molecule has 5 atom stereocenters. The fraction of sp³-hybridized carbons (Fsp3) is 0.370. The van der Waals surface area contributed by atoms with Crippen LogP contribution in [0.15, 0.2) is 53.1 Å². The lowest BCUT2D eigenvalue weighted by molar-refractivity contribution is -0.287. The summed E-state index contributed by atoms with van der Waals surface area (Å²) < 4.78 is 26.0. The third-order valence-corrected chi connectivity index (χ3v) is 6.35. The van der Waals surface area contributed by atoms with Crippen LogP contribution >= 0.6 is 0 Å². The topological polar surface area (TPSA) is 190 Å². The van der Waals surface area contributed by atoms with Crippen molar-refractivity contribution in [3.05, 3.63) is 54.3 Å². The molecule has 1 aliphatic heterocycles. The van der Waals surface area contributed by atoms with Crippen LogP contribution < -0.4 is 14.8 Å². The van der Waals surface area contributed by atoms with Gasteiger partial charge in [0, 0.05) is 5.56 Å². The molecule has 4 rings (SSSR count). The van der Waals surface area contributed by atoms with E-state index in [1.54, 1.807) is 38.5 Å². The SMILES string of the molecule is COc1ccc(-c2noc(CC(=O)NCC(=O)OCC3OC(O)C(O)C(O)C3O)c2-c2ccc(OC)cc2)cc1. The lowest BCUT2D eigenvalue weighted by Crippen LogP contribution is -2.58. The van der Waals surface area contributed by atoms with Crippen LogP contribution in [0.1, 0.15) is 5.76 Å². The third kappa shape index (κ3) is 6.58. The predicted molar refractivity (Wildman–Crippen MR) is 137 cm³/mol. The quantitative estimate of drug-likeness (QED) is 0.210. The highest BCUT2D eigenvalue weighted by Gasteiger charge is 2.43. The Kier molecular flexibility index (Phi) is 9.34. The van der Waals surface area contributed by atoms with Crippen LogP contribution in [0.25, 0.3) is 22.4 Å². The van der Waals surface area contributed by atoms with Gasteiger partial charge in [0.15, 0.2) is 12.1 Å². The van der Waals surface area contributed by atoms with E-state index in [1.165, 1.54) is 0 Å². The van der Waals surface area contributed by atoms with Crippen LogP contribution in [0.5, 0.6) is 11.5 Å². The van der Waals surface area contributed by atoms with Crippen molar-refractivity contribution in [2.75, 3.05) is 27.4 Å². The first kappa shape index (κ1) is 29.0. The summed E-state index contributed by atoms with van der Waals surface area (Å²) in [6.45, 7) is -1.03. The Morgan fingerprint density at radius 1 is 0.875 bits per heavy atom. The number of benzene rings is 2. The minimum atomic E-state index is -1.76. The fourth-order valence-corrected chi connectivity index (χ4v) is 4.12. The Labute approximate surface area is 228 Å². The number of hydrogen-bond acceptors (Lipinski definition) is 12. The van der Waals surface area contributed by atoms with E-state index in [9.17, 15) is 30.0 Å². The van der Waals surface area contributed by atoms with E-state index in [0.29, 0.717) is 22.8 Å². The van der Waals surface area contributed by atoms with Gasteiger partial charge < -0.3 is 49.2 Å². The molecule has 2 aromatic carbocycles. The lowest BCUT2D eigenvalue weighted by Gasteiger charge is -2.37. The monoisotopic (exact) mass is 558 g/mol. The zero-order valence-electron chi connectivity index (χ0n) is 21.7. The average Bonchev–Trinajstić information content (AvgIpc) is 3.39. The van der Waals surface area contributed by atoms with E-state index in [0.717, 1.165) is 11.1 Å². The summed E-state index contributed by atoms with van der Waals surface area (Å²) in [5, 5.41) is 45.4. The molecule has 1 amide bonds. The molecule has 0 radical (unpaired) electrons. The van der Waals surface area contributed by atoms with E-state index in [4.69, 9.17) is 23.5 Å². The van der Waals surface area contributed by atoms with Gasteiger partial charge in [0.1, 0.15) is 54.8 Å². The van der Waals surface area contributed by atoms with Gasteiger partial charge in [-0.2, -0.15) is 0 Å². The normalized spacial score (nSPS) is 22.4. The van der Waals surface area contributed by atoms with Crippen molar-refractivity contribution < 1.29 is 53.5 Å². The van der Waals surface area contributed by atoms with Gasteiger partial charge in [-0.15, -0.1) is 0 Å². The fourth-order valence-electron chi connectivity index (χ4n) is 4.12. The summed E-state index contributed by atoms with van der Waals surface area (Å²) in [6, 6.07) is 14.3. The summed E-state index contributed by atoms with van der Waals surface area (Å²) in [7, 11) is 3.12. The van der Waals surface area contributed by atoms with Gasteiger partial charge in [-0.05, 0) is 42.0 Å². The smallest absolute Gasteiger partial charge is 0.325 e. The van der Waals surface area contributed by atoms with Crippen LogP contribution in [0.4, 0.5) is 0 Å². The number of nitrogens with zero attached hydrogens (tertiary/aromatic N) is 1. The zero-order chi connectivity index (χ0) is 28.8. The highest BCUT2D eigenvalue weighted by molar-refractivity contribution is 5.88. The van der Waals surface area contributed by atoms with Gasteiger partial charge in [0.05, 0.1) is 26.2 Å². The minimum Gasteiger partial charge on any atom is -0.497 e. The van der Waals surface area contributed by atoms with E-state index in [2.05, 4.69) is 10.5 Å². The number of aliphatic hydroxyl groups is 4. The van der Waals surface area contributed by atoms with Gasteiger partial charge in [-0.25, -0.2) is 0 Å². The molecule has 0 bridgehead atoms. The van der Waals surface area contributed by atoms with Crippen LogP contribution in [-0.4, -0.2) is 95.5 Å². The highest BCUT2D eigenvalue weighted by atomic mass is 16.6. The number of aliphatic hydroxyl groups excluding tert-OH is 4. The maximum absolute atomic E-state index is 12.7. The number of aromatic nitrogens is 1. The number of carbonyl (C=O) groups excluding carboxylic acids is 2. The molecular weight excluding hydrogens is 528 g/mol. The second kappa shape index (κ2) is 12.9. The molecule has 5 unspecified atom stereocenters. The number of methoxy groups -OCH3 is 2. The van der Waals surface area contributed by atoms with Crippen molar-refractivity contribution in [1.29, 1.82) is 0 Å². The third-order valence-electron chi connectivity index (χ3n) is 6.35. The number of hydrogen-bond donors (Lipinski definition) is 5. The number of nitrogens with one attached hydrogen (secondary N) is 1. The zero-order valence-corrected chi connectivity index (χ0v) is 21.7. The summed E-state index contributed by atoms with van der Waals surface area (Å²) in [5.74, 6) is 0.176. The van der Waals surface area contributed by atoms with Gasteiger partial charge in [0.2, 0.25) is 5.91 Å². The van der Waals surface area contributed by atoms with Gasteiger partial charge >= 0.3 is 5.97 Å². The van der Waals surface area contributed by atoms with E-state index in [1.807, 2.05) is 24.3 Å². The molecule has 1 aliphatic rings. The molecular formula is C27H30N2O11. The van der Waals surface area contributed by atoms with Crippen LogP contribution in [0.2, 0.25) is 0 Å². The molecule has 214 valence electrons. The van der Waals surface area contributed by atoms with Crippen LogP contribution in [-0.2, 0) is 25.5 Å². The summed E-state index contributed by atoms with van der Waals surface area (Å²) in [6.07, 6.45) is -8.25. The number of amides is 1. The summed E-state index contributed by atoms with van der Waals surface area (Å²) >= 11 is 0. The number of esters is 1. The molecule has 1 saturated heterocycles. The summed E-state index contributed by atoms with van der Waals surface area (Å²) in [4.78, 5) is 24.9. The molecule has 2 heterocycles. The minimum absolute atomic E-state index is 0.238. The average molecular weight is 559 g/mol. The molecule has 13 heteroatoms. The Hall–Kier alpha value is -4.01. The summed E-state index contributed by atoms with van der Waals surface area (Å²) in [5.41, 5.74) is 2.57. The first-order chi connectivity index (χ1) is 19.2. The molecule has 0 aliphatic carbocycles. The number of rotatable bonds is 10. The predicted octanol–water partition coefficient (Wildman–Crippen LogP) is 0.0276. The van der Waals surface area contributed by atoms with Crippen molar-refractivity contribution in [1.82, 2.24) is 10.5 Å². The van der Waals surface area contributed by atoms with E-state index >= 15 is 0 Å². The Bertz CT molecular complexity index is 1290. The van der Waals surface area contributed by atoms with Gasteiger partial charge in [-0.3, -0.25) is 9.59 Å². The highest BCUT2D eigenvalue weighted by Crippen LogP contribution is 2.36. The molecule has 1 fully saturated rings. The van der Waals surface area contributed by atoms with Crippen molar-refractivity contribution in [2.24, 2.45) is 0 Å². The molecule has 40 heavy (non-hydrogen) atoms. The largest absolute Gasteiger partial charge is 0.497 e. The molecule has 1 aromatic heterocycles. The van der Waals surface area contributed by atoms with E-state index < -0.39 is 55.7 Å². The van der Waals surface area contributed by atoms with Crippen LogP contribution in [0.3, 0.4) is 0 Å². The second-order valence-electron chi connectivity index (χ2n) is 8.96. The Balaban J connectivity index is 1.41. The van der Waals surface area contributed by atoms with E-state index in [-0.39, 0.29) is 12.2 Å². The van der Waals surface area contributed by atoms with Crippen molar-refractivity contribution >= 4 is 11.9 Å². The molecule has 0 saturated carbocycles. The van der Waals surface area contributed by atoms with Crippen molar-refractivity contribution in [3.63, 3.8) is 0 Å². The number of ether oxygens (including phenoxy) is 4. The van der Waals surface area contributed by atoms with Crippen molar-refractivity contribution in [3.8, 4) is 33.9 Å². The first-order valence-corrected chi connectivity index (χ1v) is 12.3. The second-order valence-corrected chi connectivity index (χ2v) is 8.96. The number of carbonyl (C=O) groups is 2. The first-order valence-electron chi connectivity index (χ1n) is 12.3.